The van der Waals surface area contributed by atoms with Crippen LogP contribution in [-0.2, 0) is 16.0 Å². The number of nitrogens with zero attached hydrogens (tertiary/aromatic N) is 3. The number of hydrogen-bond donors (Lipinski definition) is 1. The molecule has 1 aliphatic rings. The molecule has 2 aromatic rings. The largest absolute Gasteiger partial charge is 0.480 e. The van der Waals surface area contributed by atoms with Crippen LogP contribution in [0.1, 0.15) is 36.7 Å². The summed E-state index contributed by atoms with van der Waals surface area (Å²) < 4.78 is 1.83. The summed E-state index contributed by atoms with van der Waals surface area (Å²) in [6.07, 6.45) is 1.94. The molecule has 3 rings (SSSR count). The zero-order valence-corrected chi connectivity index (χ0v) is 14.8. The molecule has 25 heavy (non-hydrogen) atoms. The number of aliphatic carboxylic acids is 1. The number of carboxylic acids is 1. The molecular weight excluding hydrogens is 318 g/mol. The van der Waals surface area contributed by atoms with Gasteiger partial charge in [-0.2, -0.15) is 5.10 Å². The Morgan fingerprint density at radius 2 is 1.92 bits per heavy atom. The molecule has 1 aliphatic carbocycles. The smallest absolute Gasteiger partial charge is 0.326 e. The fourth-order valence-electron chi connectivity index (χ4n) is 3.20. The van der Waals surface area contributed by atoms with Crippen LogP contribution in [0.4, 0.5) is 0 Å². The summed E-state index contributed by atoms with van der Waals surface area (Å²) in [6.45, 7) is 5.40. The minimum atomic E-state index is -0.964. The van der Waals surface area contributed by atoms with Crippen molar-refractivity contribution in [3.8, 4) is 5.69 Å². The molecule has 1 amide bonds. The number of para-hydroxylation sites is 1. The molecule has 0 spiro atoms. The monoisotopic (exact) mass is 341 g/mol. The lowest BCUT2D eigenvalue weighted by Gasteiger charge is -2.26. The Bertz CT molecular complexity index is 794. The second-order valence-electron chi connectivity index (χ2n) is 6.62. The number of amides is 1. The maximum absolute atomic E-state index is 12.8. The normalized spacial score (nSPS) is 15.0. The SMILES string of the molecule is Cc1nn(-c2ccccc2)c(C)c1CC(=O)N(C1CC1)C(C)C(=O)O. The number of carboxylic acid groups (broad SMARTS) is 1. The van der Waals surface area contributed by atoms with Crippen molar-refractivity contribution >= 4 is 11.9 Å². The van der Waals surface area contributed by atoms with Crippen molar-refractivity contribution in [1.82, 2.24) is 14.7 Å². The Morgan fingerprint density at radius 3 is 2.48 bits per heavy atom. The molecule has 1 fully saturated rings. The van der Waals surface area contributed by atoms with E-state index < -0.39 is 12.0 Å². The van der Waals surface area contributed by atoms with E-state index in [9.17, 15) is 14.7 Å². The van der Waals surface area contributed by atoms with Crippen molar-refractivity contribution in [3.63, 3.8) is 0 Å². The van der Waals surface area contributed by atoms with Gasteiger partial charge in [0.05, 0.1) is 17.8 Å². The van der Waals surface area contributed by atoms with Gasteiger partial charge in [-0.15, -0.1) is 0 Å². The minimum absolute atomic E-state index is 0.0587. The van der Waals surface area contributed by atoms with E-state index in [1.807, 2.05) is 48.9 Å². The van der Waals surface area contributed by atoms with Crippen LogP contribution in [-0.4, -0.2) is 43.7 Å². The Balaban J connectivity index is 1.86. The van der Waals surface area contributed by atoms with Gasteiger partial charge in [-0.1, -0.05) is 18.2 Å². The predicted octanol–water partition coefficient (Wildman–Crippen LogP) is 2.50. The highest BCUT2D eigenvalue weighted by Gasteiger charge is 2.38. The third-order valence-electron chi connectivity index (χ3n) is 4.77. The highest BCUT2D eigenvalue weighted by atomic mass is 16.4. The van der Waals surface area contributed by atoms with Crippen LogP contribution in [0.2, 0.25) is 0 Å². The maximum Gasteiger partial charge on any atom is 0.326 e. The standard InChI is InChI=1S/C19H23N3O3/c1-12-17(13(2)22(20-12)16-7-5-4-6-8-16)11-18(23)21(15-9-10-15)14(3)19(24)25/h4-8,14-15H,9-11H2,1-3H3,(H,24,25). The Hall–Kier alpha value is -2.63. The summed E-state index contributed by atoms with van der Waals surface area (Å²) in [5, 5.41) is 13.9. The van der Waals surface area contributed by atoms with E-state index in [4.69, 9.17) is 0 Å². The van der Waals surface area contributed by atoms with Crippen LogP contribution in [0.25, 0.3) is 5.69 Å². The van der Waals surface area contributed by atoms with Crippen LogP contribution in [0, 0.1) is 13.8 Å². The van der Waals surface area contributed by atoms with Crippen LogP contribution in [0.5, 0.6) is 0 Å². The van der Waals surface area contributed by atoms with E-state index in [0.717, 1.165) is 35.5 Å². The van der Waals surface area contributed by atoms with Crippen LogP contribution in [0.3, 0.4) is 0 Å². The zero-order chi connectivity index (χ0) is 18.1. The van der Waals surface area contributed by atoms with E-state index in [-0.39, 0.29) is 18.4 Å². The van der Waals surface area contributed by atoms with E-state index in [0.29, 0.717) is 0 Å². The number of aryl methyl sites for hydroxylation is 1. The molecule has 6 nitrogen and oxygen atoms in total. The van der Waals surface area contributed by atoms with Gasteiger partial charge in [-0.3, -0.25) is 4.79 Å². The van der Waals surface area contributed by atoms with Crippen LogP contribution in [0.15, 0.2) is 30.3 Å². The molecule has 1 unspecified atom stereocenters. The minimum Gasteiger partial charge on any atom is -0.480 e. The van der Waals surface area contributed by atoms with Crippen molar-refractivity contribution in [1.29, 1.82) is 0 Å². The van der Waals surface area contributed by atoms with Crippen molar-refractivity contribution in [2.24, 2.45) is 0 Å². The van der Waals surface area contributed by atoms with E-state index in [1.165, 1.54) is 4.90 Å². The summed E-state index contributed by atoms with van der Waals surface area (Å²) in [7, 11) is 0. The molecule has 1 heterocycles. The van der Waals surface area contributed by atoms with Crippen molar-refractivity contribution in [2.75, 3.05) is 0 Å². The first-order chi connectivity index (χ1) is 11.9. The lowest BCUT2D eigenvalue weighted by atomic mass is 10.1. The molecule has 0 radical (unpaired) electrons. The summed E-state index contributed by atoms with van der Waals surface area (Å²) in [4.78, 5) is 25.7. The zero-order valence-electron chi connectivity index (χ0n) is 14.8. The van der Waals surface area contributed by atoms with Gasteiger partial charge in [0.15, 0.2) is 0 Å². The predicted molar refractivity (Wildman–Crippen MR) is 93.7 cm³/mol. The average Bonchev–Trinajstić information content (AvgIpc) is 3.38. The number of rotatable bonds is 6. The Kier molecular flexibility index (Phi) is 4.61. The summed E-state index contributed by atoms with van der Waals surface area (Å²) in [5.74, 6) is -1.11. The molecule has 1 atom stereocenters. The second kappa shape index (κ2) is 6.70. The van der Waals surface area contributed by atoms with Gasteiger partial charge >= 0.3 is 5.97 Å². The lowest BCUT2D eigenvalue weighted by Crippen LogP contribution is -2.45. The van der Waals surface area contributed by atoms with Gasteiger partial charge in [-0.05, 0) is 45.7 Å². The third-order valence-corrected chi connectivity index (χ3v) is 4.77. The van der Waals surface area contributed by atoms with Gasteiger partial charge in [0.1, 0.15) is 6.04 Å². The van der Waals surface area contributed by atoms with Crippen LogP contribution >= 0.6 is 0 Å². The van der Waals surface area contributed by atoms with Gasteiger partial charge < -0.3 is 10.0 Å². The molecule has 0 bridgehead atoms. The maximum atomic E-state index is 12.8. The van der Waals surface area contributed by atoms with Gasteiger partial charge in [-0.25, -0.2) is 9.48 Å². The molecular formula is C19H23N3O3. The second-order valence-corrected chi connectivity index (χ2v) is 6.62. The molecule has 0 aliphatic heterocycles. The van der Waals surface area contributed by atoms with Crippen molar-refractivity contribution in [2.45, 2.75) is 52.1 Å². The molecule has 1 N–H and O–H groups in total. The number of carbonyl (C=O) groups is 2. The first-order valence-electron chi connectivity index (χ1n) is 8.54. The first-order valence-corrected chi connectivity index (χ1v) is 8.54. The van der Waals surface area contributed by atoms with Crippen LogP contribution < -0.4 is 0 Å². The topological polar surface area (TPSA) is 75.4 Å². The average molecular weight is 341 g/mol. The summed E-state index contributed by atoms with van der Waals surface area (Å²) in [5.41, 5.74) is 3.53. The molecule has 1 aromatic heterocycles. The Morgan fingerprint density at radius 1 is 1.28 bits per heavy atom. The van der Waals surface area contributed by atoms with E-state index >= 15 is 0 Å². The highest BCUT2D eigenvalue weighted by Crippen LogP contribution is 2.30. The first kappa shape index (κ1) is 17.2. The molecule has 1 aromatic carbocycles. The van der Waals surface area contributed by atoms with E-state index in [2.05, 4.69) is 5.10 Å². The summed E-state index contributed by atoms with van der Waals surface area (Å²) >= 11 is 0. The number of aromatic nitrogens is 2. The van der Waals surface area contributed by atoms with Crippen molar-refractivity contribution < 1.29 is 14.7 Å². The molecule has 1 saturated carbocycles. The lowest BCUT2D eigenvalue weighted by molar-refractivity contribution is -0.149. The number of carbonyl (C=O) groups excluding carboxylic acids is 1. The highest BCUT2D eigenvalue weighted by molar-refractivity contribution is 5.85. The molecule has 132 valence electrons. The third kappa shape index (κ3) is 3.43. The van der Waals surface area contributed by atoms with E-state index in [1.54, 1.807) is 6.92 Å². The number of benzene rings is 1. The van der Waals surface area contributed by atoms with Gasteiger partial charge in [0, 0.05) is 17.3 Å². The van der Waals surface area contributed by atoms with Crippen molar-refractivity contribution in [3.05, 3.63) is 47.3 Å². The number of hydrogen-bond acceptors (Lipinski definition) is 3. The fourth-order valence-corrected chi connectivity index (χ4v) is 3.20. The molecule has 6 heteroatoms. The molecule has 0 saturated heterocycles. The quantitative estimate of drug-likeness (QED) is 0.876. The fraction of sp³-hybridized carbons (Fsp3) is 0.421. The van der Waals surface area contributed by atoms with Gasteiger partial charge in [0.2, 0.25) is 5.91 Å². The summed E-state index contributed by atoms with van der Waals surface area (Å²) in [6, 6.07) is 9.02. The van der Waals surface area contributed by atoms with Gasteiger partial charge in [0.25, 0.3) is 0 Å². The Labute approximate surface area is 147 Å².